The Labute approximate surface area is 77.3 Å². The second-order valence-electron chi connectivity index (χ2n) is 4.78. The van der Waals surface area contributed by atoms with Gasteiger partial charge in [-0.3, -0.25) is 0 Å². The van der Waals surface area contributed by atoms with E-state index in [1.54, 1.807) is 20.8 Å². The molecule has 0 unspecified atom stereocenters. The molecule has 0 amide bonds. The highest BCUT2D eigenvalue weighted by molar-refractivity contribution is 4.78. The molecule has 0 aromatic heterocycles. The van der Waals surface area contributed by atoms with Crippen LogP contribution in [0.25, 0.3) is 0 Å². The van der Waals surface area contributed by atoms with Crippen LogP contribution in [0.5, 0.6) is 0 Å². The average Bonchev–Trinajstić information content (AvgIpc) is 1.79. The maximum absolute atomic E-state index is 12.3. The van der Waals surface area contributed by atoms with Crippen LogP contribution >= 0.6 is 0 Å². The summed E-state index contributed by atoms with van der Waals surface area (Å²) >= 11 is 0. The predicted molar refractivity (Wildman–Crippen MR) is 45.5 cm³/mol. The average molecular weight is 198 g/mol. The van der Waals surface area contributed by atoms with E-state index in [4.69, 9.17) is 4.74 Å². The molecule has 0 saturated heterocycles. The number of alkyl halides is 3. The Hall–Kier alpha value is -0.250. The Morgan fingerprint density at radius 2 is 1.31 bits per heavy atom. The van der Waals surface area contributed by atoms with E-state index in [1.165, 1.54) is 0 Å². The standard InChI is InChI=1S/C9H17F3O/c1-7(2,3)13-6-8(4,5)9(10,11)12/h6H2,1-5H3. The summed E-state index contributed by atoms with van der Waals surface area (Å²) in [6.07, 6.45) is -4.21. The molecular formula is C9H17F3O. The van der Waals surface area contributed by atoms with Crippen molar-refractivity contribution in [3.8, 4) is 0 Å². The third-order valence-electron chi connectivity index (χ3n) is 1.63. The van der Waals surface area contributed by atoms with Crippen LogP contribution < -0.4 is 0 Å². The normalized spacial score (nSPS) is 14.8. The first-order valence-electron chi connectivity index (χ1n) is 4.16. The van der Waals surface area contributed by atoms with Gasteiger partial charge in [-0.05, 0) is 34.6 Å². The van der Waals surface area contributed by atoms with Gasteiger partial charge < -0.3 is 4.74 Å². The zero-order valence-electron chi connectivity index (χ0n) is 8.75. The van der Waals surface area contributed by atoms with E-state index < -0.39 is 17.2 Å². The highest BCUT2D eigenvalue weighted by atomic mass is 19.4. The molecule has 0 heterocycles. The molecule has 0 aliphatic heterocycles. The molecule has 0 bridgehead atoms. The van der Waals surface area contributed by atoms with E-state index in [1.807, 2.05) is 0 Å². The summed E-state index contributed by atoms with van der Waals surface area (Å²) in [5.41, 5.74) is -2.30. The molecule has 0 aromatic rings. The van der Waals surface area contributed by atoms with Gasteiger partial charge in [-0.25, -0.2) is 0 Å². The number of halogens is 3. The SMILES string of the molecule is CC(C)(C)OCC(C)(C)C(F)(F)F. The van der Waals surface area contributed by atoms with Gasteiger partial charge in [0.1, 0.15) is 0 Å². The van der Waals surface area contributed by atoms with Gasteiger partial charge in [0.2, 0.25) is 0 Å². The summed E-state index contributed by atoms with van der Waals surface area (Å²) in [5.74, 6) is 0. The lowest BCUT2D eigenvalue weighted by molar-refractivity contribution is -0.235. The minimum Gasteiger partial charge on any atom is -0.375 e. The zero-order valence-corrected chi connectivity index (χ0v) is 8.75. The Morgan fingerprint density at radius 3 is 1.54 bits per heavy atom. The first-order chi connectivity index (χ1) is 5.46. The van der Waals surface area contributed by atoms with E-state index in [9.17, 15) is 13.2 Å². The summed E-state index contributed by atoms with van der Waals surface area (Å²) in [5, 5.41) is 0. The molecule has 0 fully saturated rings. The van der Waals surface area contributed by atoms with Crippen molar-refractivity contribution in [1.82, 2.24) is 0 Å². The molecule has 0 atom stereocenters. The topological polar surface area (TPSA) is 9.23 Å². The lowest BCUT2D eigenvalue weighted by Gasteiger charge is -2.31. The number of hydrogen-bond acceptors (Lipinski definition) is 1. The molecule has 0 aliphatic carbocycles. The zero-order chi connectivity index (χ0) is 10.9. The summed E-state index contributed by atoms with van der Waals surface area (Å²) < 4.78 is 42.1. The molecule has 0 saturated carbocycles. The van der Waals surface area contributed by atoms with Crippen LogP contribution in [0.15, 0.2) is 0 Å². The monoisotopic (exact) mass is 198 g/mol. The van der Waals surface area contributed by atoms with Gasteiger partial charge in [-0.1, -0.05) is 0 Å². The Kier molecular flexibility index (Phi) is 3.41. The predicted octanol–water partition coefficient (Wildman–Crippen LogP) is 3.39. The van der Waals surface area contributed by atoms with Crippen LogP contribution in [0.1, 0.15) is 34.6 Å². The van der Waals surface area contributed by atoms with Gasteiger partial charge in [0.05, 0.1) is 17.6 Å². The molecule has 0 N–H and O–H groups in total. The second-order valence-corrected chi connectivity index (χ2v) is 4.78. The van der Waals surface area contributed by atoms with E-state index >= 15 is 0 Å². The quantitative estimate of drug-likeness (QED) is 0.660. The maximum Gasteiger partial charge on any atom is 0.396 e. The van der Waals surface area contributed by atoms with Gasteiger partial charge in [-0.15, -0.1) is 0 Å². The fourth-order valence-electron chi connectivity index (χ4n) is 0.479. The molecule has 13 heavy (non-hydrogen) atoms. The van der Waals surface area contributed by atoms with E-state index in [2.05, 4.69) is 0 Å². The first-order valence-corrected chi connectivity index (χ1v) is 4.16. The number of hydrogen-bond donors (Lipinski definition) is 0. The van der Waals surface area contributed by atoms with Crippen LogP contribution in [0.3, 0.4) is 0 Å². The Morgan fingerprint density at radius 1 is 0.923 bits per heavy atom. The minimum absolute atomic E-state index is 0.306. The molecule has 80 valence electrons. The van der Waals surface area contributed by atoms with Crippen molar-refractivity contribution >= 4 is 0 Å². The van der Waals surface area contributed by atoms with Crippen molar-refractivity contribution in [2.45, 2.75) is 46.4 Å². The highest BCUT2D eigenvalue weighted by Crippen LogP contribution is 2.38. The minimum atomic E-state index is -4.21. The summed E-state index contributed by atoms with van der Waals surface area (Å²) in [6, 6.07) is 0. The molecule has 0 aromatic carbocycles. The third kappa shape index (κ3) is 4.50. The molecule has 0 radical (unpaired) electrons. The second kappa shape index (κ2) is 3.48. The highest BCUT2D eigenvalue weighted by Gasteiger charge is 2.47. The molecule has 0 rings (SSSR count). The van der Waals surface area contributed by atoms with Crippen LogP contribution in [0.4, 0.5) is 13.2 Å². The smallest absolute Gasteiger partial charge is 0.375 e. The maximum atomic E-state index is 12.3. The van der Waals surface area contributed by atoms with Gasteiger partial charge in [0.25, 0.3) is 0 Å². The molecule has 0 spiro atoms. The van der Waals surface area contributed by atoms with E-state index in [-0.39, 0.29) is 6.61 Å². The van der Waals surface area contributed by atoms with Crippen molar-refractivity contribution in [2.24, 2.45) is 5.41 Å². The fraction of sp³-hybridized carbons (Fsp3) is 1.00. The summed E-state index contributed by atoms with van der Waals surface area (Å²) in [4.78, 5) is 0. The molecule has 0 aliphatic rings. The van der Waals surface area contributed by atoms with E-state index in [0.717, 1.165) is 13.8 Å². The van der Waals surface area contributed by atoms with Crippen molar-refractivity contribution in [1.29, 1.82) is 0 Å². The van der Waals surface area contributed by atoms with E-state index in [0.29, 0.717) is 0 Å². The lowest BCUT2D eigenvalue weighted by Crippen LogP contribution is -2.39. The van der Waals surface area contributed by atoms with Crippen molar-refractivity contribution < 1.29 is 17.9 Å². The van der Waals surface area contributed by atoms with Crippen LogP contribution in [-0.2, 0) is 4.74 Å². The van der Waals surface area contributed by atoms with Crippen molar-refractivity contribution in [3.05, 3.63) is 0 Å². The van der Waals surface area contributed by atoms with Crippen molar-refractivity contribution in [3.63, 3.8) is 0 Å². The summed E-state index contributed by atoms with van der Waals surface area (Å²) in [6.45, 7) is 7.18. The fourth-order valence-corrected chi connectivity index (χ4v) is 0.479. The van der Waals surface area contributed by atoms with Gasteiger partial charge in [0, 0.05) is 0 Å². The van der Waals surface area contributed by atoms with Gasteiger partial charge in [-0.2, -0.15) is 13.2 Å². The van der Waals surface area contributed by atoms with Gasteiger partial charge in [0.15, 0.2) is 0 Å². The molecule has 4 heteroatoms. The van der Waals surface area contributed by atoms with Crippen molar-refractivity contribution in [2.75, 3.05) is 6.61 Å². The third-order valence-corrected chi connectivity index (χ3v) is 1.63. The van der Waals surface area contributed by atoms with Crippen LogP contribution in [0.2, 0.25) is 0 Å². The van der Waals surface area contributed by atoms with Crippen LogP contribution in [-0.4, -0.2) is 18.4 Å². The largest absolute Gasteiger partial charge is 0.396 e. The lowest BCUT2D eigenvalue weighted by atomic mass is 9.94. The molecular weight excluding hydrogens is 181 g/mol. The first kappa shape index (κ1) is 12.8. The van der Waals surface area contributed by atoms with Crippen LogP contribution in [0, 0.1) is 5.41 Å². The number of ether oxygens (including phenoxy) is 1. The Balaban J connectivity index is 4.21. The Bertz CT molecular complexity index is 165. The summed E-state index contributed by atoms with van der Waals surface area (Å²) in [7, 11) is 0. The number of rotatable bonds is 2. The molecule has 1 nitrogen and oxygen atoms in total. The van der Waals surface area contributed by atoms with Gasteiger partial charge >= 0.3 is 6.18 Å².